The van der Waals surface area contributed by atoms with Crippen molar-refractivity contribution < 1.29 is 9.47 Å². The number of aryl methyl sites for hydroxylation is 2. The first-order valence-corrected chi connectivity index (χ1v) is 7.76. The maximum Gasteiger partial charge on any atom is 0.299 e. The molecular formula is C14H18ClN3O2S. The topological polar surface area (TPSA) is 56.3 Å². The van der Waals surface area contributed by atoms with Gasteiger partial charge in [-0.25, -0.2) is 0 Å². The zero-order valence-electron chi connectivity index (χ0n) is 12.3. The van der Waals surface area contributed by atoms with Gasteiger partial charge in [-0.15, -0.1) is 5.10 Å². The van der Waals surface area contributed by atoms with Crippen LogP contribution in [0.4, 0.5) is 0 Å². The minimum atomic E-state index is 0.534. The molecule has 0 fully saturated rings. The molecule has 0 radical (unpaired) electrons. The number of aromatic nitrogens is 2. The average molecular weight is 328 g/mol. The van der Waals surface area contributed by atoms with Gasteiger partial charge in [-0.05, 0) is 37.1 Å². The summed E-state index contributed by atoms with van der Waals surface area (Å²) >= 11 is 7.44. The van der Waals surface area contributed by atoms with E-state index in [-0.39, 0.29) is 0 Å². The van der Waals surface area contributed by atoms with Gasteiger partial charge in [0.25, 0.3) is 5.19 Å². The van der Waals surface area contributed by atoms with Crippen molar-refractivity contribution in [1.82, 2.24) is 15.5 Å². The first kappa shape index (κ1) is 16.2. The Kier molecular flexibility index (Phi) is 5.93. The predicted octanol–water partition coefficient (Wildman–Crippen LogP) is 3.34. The third-order valence-corrected chi connectivity index (χ3v) is 3.84. The molecule has 21 heavy (non-hydrogen) atoms. The fourth-order valence-corrected chi connectivity index (χ4v) is 2.86. The molecule has 0 bridgehead atoms. The molecule has 1 heterocycles. The SMILES string of the molecule is COCCNCc1nnc(Oc2c(C)cc(Cl)cc2C)s1. The van der Waals surface area contributed by atoms with Crippen LogP contribution in [0.5, 0.6) is 10.9 Å². The summed E-state index contributed by atoms with van der Waals surface area (Å²) in [5.74, 6) is 0.787. The van der Waals surface area contributed by atoms with Crippen LogP contribution >= 0.6 is 22.9 Å². The second-order valence-corrected chi connectivity index (χ2v) is 6.06. The number of ether oxygens (including phenoxy) is 2. The van der Waals surface area contributed by atoms with Crippen molar-refractivity contribution in [3.05, 3.63) is 33.3 Å². The van der Waals surface area contributed by atoms with Gasteiger partial charge in [0.05, 0.1) is 6.61 Å². The zero-order valence-corrected chi connectivity index (χ0v) is 13.8. The zero-order chi connectivity index (χ0) is 15.2. The first-order chi connectivity index (χ1) is 10.1. The van der Waals surface area contributed by atoms with Crippen LogP contribution in [0.25, 0.3) is 0 Å². The van der Waals surface area contributed by atoms with Crippen LogP contribution in [0.3, 0.4) is 0 Å². The lowest BCUT2D eigenvalue weighted by molar-refractivity contribution is 0.199. The van der Waals surface area contributed by atoms with Gasteiger partial charge in [-0.2, -0.15) is 0 Å². The monoisotopic (exact) mass is 327 g/mol. The van der Waals surface area contributed by atoms with E-state index in [1.165, 1.54) is 11.3 Å². The number of hydrogen-bond acceptors (Lipinski definition) is 6. The molecule has 0 spiro atoms. The van der Waals surface area contributed by atoms with Crippen LogP contribution in [0.15, 0.2) is 12.1 Å². The Bertz CT molecular complexity index is 581. The van der Waals surface area contributed by atoms with E-state index in [1.54, 1.807) is 7.11 Å². The standard InChI is InChI=1S/C14H18ClN3O2S/c1-9-6-11(15)7-10(2)13(9)20-14-18-17-12(21-14)8-16-4-5-19-3/h6-7,16H,4-5,8H2,1-3H3. The Morgan fingerprint density at radius 1 is 1.24 bits per heavy atom. The Labute approximate surface area is 133 Å². The van der Waals surface area contributed by atoms with Crippen LogP contribution in [0.1, 0.15) is 16.1 Å². The second-order valence-electron chi connectivity index (χ2n) is 4.60. The van der Waals surface area contributed by atoms with Crippen molar-refractivity contribution >= 4 is 22.9 Å². The molecule has 1 aromatic heterocycles. The Balaban J connectivity index is 1.99. The Morgan fingerprint density at radius 2 is 1.95 bits per heavy atom. The fourth-order valence-electron chi connectivity index (χ4n) is 1.87. The third kappa shape index (κ3) is 4.64. The van der Waals surface area contributed by atoms with Crippen LogP contribution in [-0.2, 0) is 11.3 Å². The van der Waals surface area contributed by atoms with E-state index in [0.717, 1.165) is 28.4 Å². The highest BCUT2D eigenvalue weighted by Crippen LogP contribution is 2.32. The largest absolute Gasteiger partial charge is 0.429 e. The molecule has 0 atom stereocenters. The van der Waals surface area contributed by atoms with E-state index in [1.807, 2.05) is 26.0 Å². The fraction of sp³-hybridized carbons (Fsp3) is 0.429. The van der Waals surface area contributed by atoms with Crippen molar-refractivity contribution in [2.75, 3.05) is 20.3 Å². The van der Waals surface area contributed by atoms with Crippen molar-refractivity contribution in [3.8, 4) is 10.9 Å². The van der Waals surface area contributed by atoms with Gasteiger partial charge in [0, 0.05) is 25.2 Å². The molecule has 0 aliphatic rings. The minimum absolute atomic E-state index is 0.534. The maximum absolute atomic E-state index is 6.01. The van der Waals surface area contributed by atoms with E-state index >= 15 is 0 Å². The quantitative estimate of drug-likeness (QED) is 0.790. The predicted molar refractivity (Wildman–Crippen MR) is 84.5 cm³/mol. The van der Waals surface area contributed by atoms with E-state index in [0.29, 0.717) is 23.4 Å². The van der Waals surface area contributed by atoms with E-state index in [4.69, 9.17) is 21.1 Å². The molecule has 2 aromatic rings. The normalized spacial score (nSPS) is 10.9. The van der Waals surface area contributed by atoms with Crippen molar-refractivity contribution in [1.29, 1.82) is 0 Å². The lowest BCUT2D eigenvalue weighted by Crippen LogP contribution is -2.18. The molecule has 0 saturated heterocycles. The number of nitrogens with zero attached hydrogens (tertiary/aromatic N) is 2. The summed E-state index contributed by atoms with van der Waals surface area (Å²) in [5.41, 5.74) is 1.96. The number of halogens is 1. The first-order valence-electron chi connectivity index (χ1n) is 6.56. The summed E-state index contributed by atoms with van der Waals surface area (Å²) in [6.07, 6.45) is 0. The lowest BCUT2D eigenvalue weighted by atomic mass is 10.1. The molecule has 1 N–H and O–H groups in total. The molecule has 0 saturated carbocycles. The molecule has 7 heteroatoms. The summed E-state index contributed by atoms with van der Waals surface area (Å²) < 4.78 is 10.8. The van der Waals surface area contributed by atoms with Gasteiger partial charge in [-0.1, -0.05) is 28.0 Å². The molecule has 0 aliphatic carbocycles. The van der Waals surface area contributed by atoms with Crippen molar-refractivity contribution in [2.45, 2.75) is 20.4 Å². The molecule has 5 nitrogen and oxygen atoms in total. The number of rotatable bonds is 7. The summed E-state index contributed by atoms with van der Waals surface area (Å²) in [4.78, 5) is 0. The van der Waals surface area contributed by atoms with Gasteiger partial charge in [0.15, 0.2) is 0 Å². The number of hydrogen-bond donors (Lipinski definition) is 1. The summed E-state index contributed by atoms with van der Waals surface area (Å²) in [7, 11) is 1.68. The second kappa shape index (κ2) is 7.70. The number of nitrogens with one attached hydrogen (secondary N) is 1. The molecule has 0 aliphatic heterocycles. The van der Waals surface area contributed by atoms with Crippen LogP contribution in [0.2, 0.25) is 5.02 Å². The van der Waals surface area contributed by atoms with Crippen molar-refractivity contribution in [2.24, 2.45) is 0 Å². The van der Waals surface area contributed by atoms with Gasteiger partial charge in [0.2, 0.25) is 0 Å². The molecule has 0 unspecified atom stereocenters. The Hall–Kier alpha value is -1.21. The third-order valence-electron chi connectivity index (χ3n) is 2.82. The molecule has 2 rings (SSSR count). The summed E-state index contributed by atoms with van der Waals surface area (Å²) in [6, 6.07) is 3.75. The van der Waals surface area contributed by atoms with E-state index in [2.05, 4.69) is 15.5 Å². The van der Waals surface area contributed by atoms with Gasteiger partial charge in [-0.3, -0.25) is 0 Å². The highest BCUT2D eigenvalue weighted by atomic mass is 35.5. The molecular weight excluding hydrogens is 310 g/mol. The smallest absolute Gasteiger partial charge is 0.299 e. The van der Waals surface area contributed by atoms with E-state index < -0.39 is 0 Å². The van der Waals surface area contributed by atoms with Gasteiger partial charge < -0.3 is 14.8 Å². The average Bonchev–Trinajstić information content (AvgIpc) is 2.87. The number of benzene rings is 1. The van der Waals surface area contributed by atoms with Crippen molar-refractivity contribution in [3.63, 3.8) is 0 Å². The van der Waals surface area contributed by atoms with Crippen LogP contribution < -0.4 is 10.1 Å². The van der Waals surface area contributed by atoms with Crippen LogP contribution in [0, 0.1) is 13.8 Å². The van der Waals surface area contributed by atoms with Gasteiger partial charge >= 0.3 is 0 Å². The van der Waals surface area contributed by atoms with Crippen LogP contribution in [-0.4, -0.2) is 30.5 Å². The van der Waals surface area contributed by atoms with Gasteiger partial charge in [0.1, 0.15) is 10.8 Å². The highest BCUT2D eigenvalue weighted by molar-refractivity contribution is 7.13. The molecule has 0 amide bonds. The Morgan fingerprint density at radius 3 is 2.62 bits per heavy atom. The summed E-state index contributed by atoms with van der Waals surface area (Å²) in [6.45, 7) is 6.03. The molecule has 1 aromatic carbocycles. The van der Waals surface area contributed by atoms with E-state index in [9.17, 15) is 0 Å². The number of methoxy groups -OCH3 is 1. The minimum Gasteiger partial charge on any atom is -0.429 e. The lowest BCUT2D eigenvalue weighted by Gasteiger charge is -2.09. The summed E-state index contributed by atoms with van der Waals surface area (Å²) in [5, 5.41) is 13.5. The maximum atomic E-state index is 6.01. The molecule has 114 valence electrons. The highest BCUT2D eigenvalue weighted by Gasteiger charge is 2.11.